The van der Waals surface area contributed by atoms with Crippen molar-refractivity contribution in [3.05, 3.63) is 24.0 Å². The maximum absolute atomic E-state index is 15.6. The molecule has 1 aromatic carbocycles. The number of nitrogens with zero attached hydrogens (tertiary/aromatic N) is 3. The number of likely N-dealkylation sites (tertiary alicyclic amines) is 1. The van der Waals surface area contributed by atoms with Crippen molar-refractivity contribution in [3.63, 3.8) is 0 Å². The molecule has 3 atom stereocenters. The molecule has 4 rings (SSSR count). The van der Waals surface area contributed by atoms with Crippen LogP contribution >= 0.6 is 24.4 Å². The second-order valence-electron chi connectivity index (χ2n) is 10.8. The summed E-state index contributed by atoms with van der Waals surface area (Å²) < 4.78 is 26.6. The third-order valence-corrected chi connectivity index (χ3v) is 7.47. The monoisotopic (exact) mass is 565 g/mol. The van der Waals surface area contributed by atoms with Crippen molar-refractivity contribution in [2.45, 2.75) is 64.3 Å². The summed E-state index contributed by atoms with van der Waals surface area (Å²) in [7, 11) is 0. The zero-order valence-corrected chi connectivity index (χ0v) is 23.9. The zero-order chi connectivity index (χ0) is 27.6. The van der Waals surface area contributed by atoms with Crippen LogP contribution in [0.1, 0.15) is 40.5 Å². The number of anilines is 2. The summed E-state index contributed by atoms with van der Waals surface area (Å²) in [4.78, 5) is 31.7. The Kier molecular flexibility index (Phi) is 8.73. The molecule has 38 heavy (non-hydrogen) atoms. The van der Waals surface area contributed by atoms with Crippen molar-refractivity contribution in [1.29, 1.82) is 0 Å². The summed E-state index contributed by atoms with van der Waals surface area (Å²) >= 11 is 11.0. The highest BCUT2D eigenvalue weighted by molar-refractivity contribution is 7.80. The van der Waals surface area contributed by atoms with Gasteiger partial charge < -0.3 is 29.9 Å². The summed E-state index contributed by atoms with van der Waals surface area (Å²) in [5, 5.41) is 6.36. The maximum Gasteiger partial charge on any atom is 0.414 e. The normalized spacial score (nSPS) is 23.9. The fraction of sp³-hybridized carbons (Fsp3) is 0.615. The molecule has 3 aliphatic rings. The van der Waals surface area contributed by atoms with Crippen molar-refractivity contribution in [3.8, 4) is 0 Å². The Bertz CT molecular complexity index is 1100. The third kappa shape index (κ3) is 6.52. The van der Waals surface area contributed by atoms with Gasteiger partial charge in [0.25, 0.3) is 0 Å². The van der Waals surface area contributed by atoms with Gasteiger partial charge in [-0.2, -0.15) is 0 Å². The first-order valence-corrected chi connectivity index (χ1v) is 13.8. The summed E-state index contributed by atoms with van der Waals surface area (Å²) in [6.45, 7) is 10.3. The van der Waals surface area contributed by atoms with Crippen LogP contribution in [-0.2, 0) is 9.47 Å². The van der Waals surface area contributed by atoms with Crippen LogP contribution in [0.2, 0.25) is 0 Å². The molecule has 1 aromatic rings. The van der Waals surface area contributed by atoms with E-state index < -0.39 is 17.5 Å². The molecular weight excluding hydrogens is 529 g/mol. The van der Waals surface area contributed by atoms with Crippen molar-refractivity contribution in [1.82, 2.24) is 15.5 Å². The maximum atomic E-state index is 15.6. The number of cyclic esters (lactones) is 1. The van der Waals surface area contributed by atoms with Gasteiger partial charge in [-0.15, -0.1) is 0 Å². The van der Waals surface area contributed by atoms with Crippen LogP contribution in [0.5, 0.6) is 0 Å². The summed E-state index contributed by atoms with van der Waals surface area (Å²) in [5.74, 6) is -0.447. The predicted octanol–water partition coefficient (Wildman–Crippen LogP) is 3.64. The molecule has 0 aromatic heterocycles. The first-order chi connectivity index (χ1) is 17.9. The molecule has 3 fully saturated rings. The van der Waals surface area contributed by atoms with Crippen LogP contribution in [0, 0.1) is 5.82 Å². The molecular formula is C26H36FN5O4S2. The smallest absolute Gasteiger partial charge is 0.414 e. The van der Waals surface area contributed by atoms with Crippen LogP contribution in [0.3, 0.4) is 0 Å². The lowest BCUT2D eigenvalue weighted by molar-refractivity contribution is 0.0265. The van der Waals surface area contributed by atoms with Gasteiger partial charge in [0, 0.05) is 31.0 Å². The number of ether oxygens (including phenoxy) is 2. The lowest BCUT2D eigenvalue weighted by Crippen LogP contribution is -2.59. The predicted molar refractivity (Wildman–Crippen MR) is 153 cm³/mol. The number of thiocarbonyl (C=S) groups is 2. The molecule has 0 radical (unpaired) electrons. The number of carbonyl (C=O) groups is 2. The van der Waals surface area contributed by atoms with Crippen molar-refractivity contribution in [2.75, 3.05) is 49.1 Å². The van der Waals surface area contributed by atoms with E-state index in [1.807, 2.05) is 25.7 Å². The minimum atomic E-state index is -0.601. The number of halogens is 1. The van der Waals surface area contributed by atoms with Crippen LogP contribution in [0.25, 0.3) is 0 Å². The molecule has 0 saturated carbocycles. The summed E-state index contributed by atoms with van der Waals surface area (Å²) in [6.07, 6.45) is 0.312. The number of carbonyl (C=O) groups excluding carboxylic acids is 2. The first-order valence-electron chi connectivity index (χ1n) is 13.0. The van der Waals surface area contributed by atoms with E-state index in [1.165, 1.54) is 11.0 Å². The number of hydrogen-bond acceptors (Lipinski definition) is 8. The molecule has 3 unspecified atom stereocenters. The Labute approximate surface area is 234 Å². The Hall–Kier alpha value is -2.57. The SMILES string of the molecule is CC(=S)NCC1CN(c2ccc(N3CCNCC3C(=S)C3CCCN3C(=O)OC(C)(C)C)c(F)c2)C(=O)O1. The highest BCUT2D eigenvalue weighted by Crippen LogP contribution is 2.31. The van der Waals surface area contributed by atoms with E-state index in [9.17, 15) is 9.59 Å². The van der Waals surface area contributed by atoms with Gasteiger partial charge in [0.1, 0.15) is 17.5 Å². The molecule has 9 nitrogen and oxygen atoms in total. The van der Waals surface area contributed by atoms with Crippen molar-refractivity contribution < 1.29 is 23.5 Å². The van der Waals surface area contributed by atoms with Crippen molar-refractivity contribution in [2.24, 2.45) is 0 Å². The van der Waals surface area contributed by atoms with E-state index in [0.717, 1.165) is 12.8 Å². The van der Waals surface area contributed by atoms with Gasteiger partial charge in [-0.25, -0.2) is 14.0 Å². The second-order valence-corrected chi connectivity index (χ2v) is 11.9. The van der Waals surface area contributed by atoms with E-state index in [4.69, 9.17) is 33.9 Å². The van der Waals surface area contributed by atoms with Crippen LogP contribution in [-0.4, -0.2) is 90.0 Å². The standard InChI is InChI=1S/C26H36FN5O4S2/c1-16(37)29-13-18-15-32(24(33)35-18)17-7-8-20(19(27)12-17)30-11-9-28-14-22(30)23(38)21-6-5-10-31(21)25(34)36-26(2,3)4/h7-8,12,18,21-22,28H,5-6,9-11,13-15H2,1-4H3,(H,29,37). The third-order valence-electron chi connectivity index (χ3n) is 6.79. The Morgan fingerprint density at radius 3 is 2.71 bits per heavy atom. The lowest BCUT2D eigenvalue weighted by Gasteiger charge is -2.41. The molecule has 2 N–H and O–H groups in total. The minimum absolute atomic E-state index is 0.254. The van der Waals surface area contributed by atoms with Crippen molar-refractivity contribution >= 4 is 57.9 Å². The summed E-state index contributed by atoms with van der Waals surface area (Å²) in [6, 6.07) is 4.24. The van der Waals surface area contributed by atoms with Gasteiger partial charge in [-0.05, 0) is 58.7 Å². The Morgan fingerprint density at radius 1 is 1.26 bits per heavy atom. The average molecular weight is 566 g/mol. The highest BCUT2D eigenvalue weighted by atomic mass is 32.1. The molecule has 2 amide bonds. The Balaban J connectivity index is 1.49. The molecule has 0 spiro atoms. The fourth-order valence-electron chi connectivity index (χ4n) is 5.06. The second kappa shape index (κ2) is 11.7. The van der Waals surface area contributed by atoms with Gasteiger partial charge in [-0.1, -0.05) is 24.4 Å². The molecule has 0 aliphatic carbocycles. The average Bonchev–Trinajstić information content (AvgIpc) is 3.48. The minimum Gasteiger partial charge on any atom is -0.444 e. The number of benzene rings is 1. The largest absolute Gasteiger partial charge is 0.444 e. The molecule has 0 bridgehead atoms. The van der Waals surface area contributed by atoms with Crippen LogP contribution < -0.4 is 20.4 Å². The van der Waals surface area contributed by atoms with Crippen LogP contribution in [0.15, 0.2) is 18.2 Å². The highest BCUT2D eigenvalue weighted by Gasteiger charge is 2.40. The van der Waals surface area contributed by atoms with Gasteiger partial charge in [-0.3, -0.25) is 4.90 Å². The number of amides is 2. The van der Waals surface area contributed by atoms with Gasteiger partial charge in [0.05, 0.1) is 41.5 Å². The number of nitrogens with one attached hydrogen (secondary N) is 2. The van der Waals surface area contributed by atoms with Gasteiger partial charge >= 0.3 is 12.2 Å². The van der Waals surface area contributed by atoms with E-state index >= 15 is 4.39 Å². The topological polar surface area (TPSA) is 86.4 Å². The van der Waals surface area contributed by atoms with E-state index in [2.05, 4.69) is 10.6 Å². The number of hydrogen-bond donors (Lipinski definition) is 2. The molecule has 3 aliphatic heterocycles. The molecule has 3 heterocycles. The van der Waals surface area contributed by atoms with E-state index in [-0.39, 0.29) is 24.3 Å². The summed E-state index contributed by atoms with van der Waals surface area (Å²) in [5.41, 5.74) is 0.237. The van der Waals surface area contributed by atoms with Gasteiger partial charge in [0.2, 0.25) is 0 Å². The fourth-order valence-corrected chi connectivity index (χ4v) is 5.60. The molecule has 208 valence electrons. The zero-order valence-electron chi connectivity index (χ0n) is 22.3. The number of piperazine rings is 1. The number of rotatable bonds is 6. The Morgan fingerprint density at radius 2 is 2.03 bits per heavy atom. The van der Waals surface area contributed by atoms with Gasteiger partial charge in [0.15, 0.2) is 0 Å². The quantitative estimate of drug-likeness (QED) is 0.502. The van der Waals surface area contributed by atoms with Crippen LogP contribution in [0.4, 0.5) is 25.4 Å². The first kappa shape index (κ1) is 28.4. The lowest BCUT2D eigenvalue weighted by atomic mass is 10.00. The molecule has 12 heteroatoms. The van der Waals surface area contributed by atoms with E-state index in [0.29, 0.717) is 60.5 Å². The van der Waals surface area contributed by atoms with E-state index in [1.54, 1.807) is 24.0 Å². The molecule has 3 saturated heterocycles.